The van der Waals surface area contributed by atoms with Gasteiger partial charge in [0.25, 0.3) is 0 Å². The van der Waals surface area contributed by atoms with E-state index in [0.717, 1.165) is 60.7 Å². The lowest BCUT2D eigenvalue weighted by molar-refractivity contribution is 0.669. The smallest absolute Gasteiger partial charge is 0.164 e. The van der Waals surface area contributed by atoms with Crippen molar-refractivity contribution in [3.05, 3.63) is 259 Å². The Hall–Kier alpha value is -9.33. The van der Waals surface area contributed by atoms with Gasteiger partial charge in [-0.1, -0.05) is 182 Å². The van der Waals surface area contributed by atoms with Crippen LogP contribution in [-0.2, 0) is 5.41 Å². The van der Waals surface area contributed by atoms with Gasteiger partial charge in [0, 0.05) is 67.8 Å². The van der Waals surface area contributed by atoms with E-state index >= 15 is 0 Å². The third-order valence-electron chi connectivity index (χ3n) is 16.2. The van der Waals surface area contributed by atoms with Crippen LogP contribution >= 0.6 is 22.7 Å². The van der Waals surface area contributed by atoms with Gasteiger partial charge in [-0.25, -0.2) is 15.0 Å². The quantitative estimate of drug-likeness (QED) is 0.172. The van der Waals surface area contributed by atoms with Gasteiger partial charge in [-0.2, -0.15) is 0 Å². The van der Waals surface area contributed by atoms with Gasteiger partial charge >= 0.3 is 0 Å². The molecule has 4 nitrogen and oxygen atoms in total. The van der Waals surface area contributed by atoms with E-state index in [1.807, 2.05) is 6.07 Å². The number of hydrogen-bond donors (Lipinski definition) is 0. The number of rotatable bonds is 5. The summed E-state index contributed by atoms with van der Waals surface area (Å²) < 4.78 is 11.6. The highest BCUT2D eigenvalue weighted by molar-refractivity contribution is 7.26. The molecule has 6 heteroatoms. The molecule has 0 aliphatic heterocycles. The molecule has 15 aromatic rings. The lowest BCUT2D eigenvalue weighted by Gasteiger charge is -2.30. The normalized spacial score (nSPS) is 13.1. The Morgan fingerprint density at radius 2 is 0.776 bits per heavy atom. The largest absolute Gasteiger partial charge is 0.456 e. The van der Waals surface area contributed by atoms with E-state index in [4.69, 9.17) is 19.4 Å². The fourth-order valence-corrected chi connectivity index (χ4v) is 15.2. The van der Waals surface area contributed by atoms with E-state index in [1.54, 1.807) is 22.7 Å². The summed E-state index contributed by atoms with van der Waals surface area (Å²) in [5.74, 6) is 1.86. The van der Waals surface area contributed by atoms with Crippen LogP contribution in [0, 0.1) is 0 Å². The van der Waals surface area contributed by atoms with Gasteiger partial charge in [0.2, 0.25) is 0 Å². The van der Waals surface area contributed by atoms with Crippen LogP contribution in [0.4, 0.5) is 0 Å². The van der Waals surface area contributed by atoms with Gasteiger partial charge in [0.1, 0.15) is 11.2 Å². The van der Waals surface area contributed by atoms with E-state index in [0.29, 0.717) is 17.5 Å². The molecule has 76 heavy (non-hydrogen) atoms. The van der Waals surface area contributed by atoms with Crippen molar-refractivity contribution < 1.29 is 4.42 Å². The number of hydrogen-bond acceptors (Lipinski definition) is 6. The summed E-state index contributed by atoms with van der Waals surface area (Å²) in [7, 11) is 0. The van der Waals surface area contributed by atoms with E-state index in [2.05, 4.69) is 231 Å². The molecular weight excluding hydrogens is 963 g/mol. The van der Waals surface area contributed by atoms with Crippen molar-refractivity contribution in [2.75, 3.05) is 0 Å². The first-order valence-corrected chi connectivity index (χ1v) is 27.4. The highest BCUT2D eigenvalue weighted by Crippen LogP contribution is 2.63. The predicted octanol–water partition coefficient (Wildman–Crippen LogP) is 19.2. The first-order valence-electron chi connectivity index (χ1n) is 25.7. The second-order valence-electron chi connectivity index (χ2n) is 20.1. The Kier molecular flexibility index (Phi) is 8.77. The van der Waals surface area contributed by atoms with Gasteiger partial charge in [-0.05, 0) is 121 Å². The molecule has 11 aromatic carbocycles. The third kappa shape index (κ3) is 5.91. The summed E-state index contributed by atoms with van der Waals surface area (Å²) in [4.78, 5) is 16.2. The van der Waals surface area contributed by atoms with Crippen LogP contribution in [-0.4, -0.2) is 15.0 Å². The molecule has 0 N–H and O–H groups in total. The summed E-state index contributed by atoms with van der Waals surface area (Å²) in [5.41, 5.74) is 19.2. The highest BCUT2D eigenvalue weighted by atomic mass is 32.1. The number of nitrogens with zero attached hydrogens (tertiary/aromatic N) is 3. The zero-order valence-corrected chi connectivity index (χ0v) is 42.2. The zero-order chi connectivity index (χ0) is 49.6. The lowest BCUT2D eigenvalue weighted by Crippen LogP contribution is -2.25. The summed E-state index contributed by atoms with van der Waals surface area (Å²) in [6, 6.07) is 86.2. The second-order valence-corrected chi connectivity index (χ2v) is 22.3. The van der Waals surface area contributed by atoms with Gasteiger partial charge in [-0.15, -0.1) is 22.7 Å². The van der Waals surface area contributed by atoms with Crippen molar-refractivity contribution in [3.8, 4) is 78.7 Å². The molecule has 0 saturated carbocycles. The van der Waals surface area contributed by atoms with E-state index in [9.17, 15) is 0 Å². The van der Waals surface area contributed by atoms with Crippen molar-refractivity contribution in [1.82, 2.24) is 15.0 Å². The van der Waals surface area contributed by atoms with E-state index in [1.165, 1.54) is 85.0 Å². The predicted molar refractivity (Wildman–Crippen MR) is 316 cm³/mol. The van der Waals surface area contributed by atoms with Crippen molar-refractivity contribution in [1.29, 1.82) is 0 Å². The first-order chi connectivity index (χ1) is 37.6. The highest BCUT2D eigenvalue weighted by Gasteiger charge is 2.51. The summed E-state index contributed by atoms with van der Waals surface area (Å²) in [6.07, 6.45) is 0. The minimum absolute atomic E-state index is 0.406. The molecule has 0 unspecified atom stereocenters. The fraction of sp³-hybridized carbons (Fsp3) is 0.0143. The lowest BCUT2D eigenvalue weighted by atomic mass is 9.70. The maximum atomic E-state index is 6.70. The molecular formula is C70H39N3OS2. The van der Waals surface area contributed by atoms with Crippen LogP contribution in [0.2, 0.25) is 0 Å². The number of thiophene rings is 2. The monoisotopic (exact) mass is 1000 g/mol. The maximum absolute atomic E-state index is 6.70. The average Bonchev–Trinajstić information content (AvgIpc) is 4.33. The second kappa shape index (κ2) is 15.8. The number of benzene rings is 11. The molecule has 2 aliphatic carbocycles. The zero-order valence-electron chi connectivity index (χ0n) is 40.6. The first kappa shape index (κ1) is 42.1. The molecule has 4 heterocycles. The van der Waals surface area contributed by atoms with E-state index < -0.39 is 5.41 Å². The summed E-state index contributed by atoms with van der Waals surface area (Å²) in [5, 5.41) is 6.82. The fourth-order valence-electron chi connectivity index (χ4n) is 12.9. The third-order valence-corrected chi connectivity index (χ3v) is 18.4. The molecule has 352 valence electrons. The Labute approximate surface area is 444 Å². The van der Waals surface area contributed by atoms with Crippen molar-refractivity contribution >= 4 is 85.0 Å². The van der Waals surface area contributed by atoms with Crippen LogP contribution in [0.1, 0.15) is 22.3 Å². The Balaban J connectivity index is 0.819. The number of aromatic nitrogens is 3. The van der Waals surface area contributed by atoms with Gasteiger partial charge in [0.05, 0.1) is 5.41 Å². The minimum Gasteiger partial charge on any atom is -0.456 e. The van der Waals surface area contributed by atoms with E-state index in [-0.39, 0.29) is 0 Å². The molecule has 0 amide bonds. The molecule has 1 spiro atoms. The van der Waals surface area contributed by atoms with Gasteiger partial charge in [0.15, 0.2) is 17.5 Å². The number of fused-ring (bicyclic) bond motifs is 19. The number of furan rings is 1. The molecule has 0 bridgehead atoms. The van der Waals surface area contributed by atoms with Crippen LogP contribution < -0.4 is 0 Å². The SMILES string of the molecule is c1cc(-c2ccc3c(c2)C2(c4ccccc4-c4ccccc42)c2ccccc2-3)cc(-c2ccc3oc4cccc(-c5nc(-c6ccc7c(c6)sc6ccccc67)nc(-c6cccc7sc8ccccc8c67)n5)c4c3c2)c1. The molecule has 2 aliphatic rings. The van der Waals surface area contributed by atoms with Crippen LogP contribution in [0.3, 0.4) is 0 Å². The van der Waals surface area contributed by atoms with Crippen LogP contribution in [0.15, 0.2) is 241 Å². The van der Waals surface area contributed by atoms with Crippen molar-refractivity contribution in [2.24, 2.45) is 0 Å². The Morgan fingerprint density at radius 1 is 0.276 bits per heavy atom. The van der Waals surface area contributed by atoms with Gasteiger partial charge in [-0.3, -0.25) is 0 Å². The topological polar surface area (TPSA) is 51.8 Å². The minimum atomic E-state index is -0.406. The maximum Gasteiger partial charge on any atom is 0.164 e. The van der Waals surface area contributed by atoms with Crippen molar-refractivity contribution in [3.63, 3.8) is 0 Å². The molecule has 17 rings (SSSR count). The van der Waals surface area contributed by atoms with Crippen LogP contribution in [0.25, 0.3) is 141 Å². The molecule has 0 saturated heterocycles. The summed E-state index contributed by atoms with van der Waals surface area (Å²) in [6.45, 7) is 0. The molecule has 0 fully saturated rings. The summed E-state index contributed by atoms with van der Waals surface area (Å²) >= 11 is 3.60. The standard InChI is InChI=1S/C70H39N3OS2/c1-6-23-55-45(16-1)46-17-2-7-24-56(46)70(55)57-25-8-3-18-47(57)48-33-30-43(38-58(48)70)41-15-11-14-40(36-41)42-32-35-59-54(37-42)65-52(21-12-26-60(65)74-59)68-71-67(44-31-34-50-49-19-4-9-27-61(49)76-64(50)39-44)72-69(73-68)53-22-13-29-63-66(53)51-20-5-10-28-62(51)75-63/h1-39H. The molecule has 0 atom stereocenters. The molecule has 0 radical (unpaired) electrons. The Morgan fingerprint density at radius 3 is 1.51 bits per heavy atom. The van der Waals surface area contributed by atoms with Crippen molar-refractivity contribution in [2.45, 2.75) is 5.41 Å². The molecule has 4 aromatic heterocycles. The van der Waals surface area contributed by atoms with Gasteiger partial charge < -0.3 is 4.42 Å². The Bertz CT molecular complexity index is 4920. The van der Waals surface area contributed by atoms with Crippen LogP contribution in [0.5, 0.6) is 0 Å². The average molecular weight is 1000 g/mol.